The summed E-state index contributed by atoms with van der Waals surface area (Å²) in [5.74, 6) is -0.482. The van der Waals surface area contributed by atoms with Gasteiger partial charge in [-0.3, -0.25) is 0 Å². The highest BCUT2D eigenvalue weighted by Gasteiger charge is 2.24. The molecule has 0 saturated carbocycles. The van der Waals surface area contributed by atoms with Crippen LogP contribution in [-0.4, -0.2) is 118 Å². The Kier molecular flexibility index (Phi) is 27.9. The molecule has 1 rings (SSSR count). The molecule has 1 aliphatic heterocycles. The zero-order valence-corrected chi connectivity index (χ0v) is 30.9. The molecule has 4 atom stereocenters. The molecule has 1 aliphatic rings. The predicted octanol–water partition coefficient (Wildman–Crippen LogP) is 4.43. The molecule has 0 aromatic carbocycles. The van der Waals surface area contributed by atoms with E-state index in [1.807, 2.05) is 6.08 Å². The van der Waals surface area contributed by atoms with Gasteiger partial charge in [0.25, 0.3) is 0 Å². The summed E-state index contributed by atoms with van der Waals surface area (Å²) in [5, 5.41) is 7.34. The smallest absolute Gasteiger partial charge is 0.425 e. The van der Waals surface area contributed by atoms with Gasteiger partial charge in [0.1, 0.15) is 18.9 Å². The predicted molar refractivity (Wildman–Crippen MR) is 189 cm³/mol. The lowest BCUT2D eigenvalue weighted by molar-refractivity contribution is -0.570. The summed E-state index contributed by atoms with van der Waals surface area (Å²) >= 11 is 0. The van der Waals surface area contributed by atoms with Crippen LogP contribution in [0.4, 0.5) is 4.79 Å². The molecule has 0 aromatic rings. The van der Waals surface area contributed by atoms with Gasteiger partial charge in [0, 0.05) is 38.7 Å². The van der Waals surface area contributed by atoms with Gasteiger partial charge < -0.3 is 29.1 Å². The van der Waals surface area contributed by atoms with Gasteiger partial charge in [-0.15, -0.1) is 4.58 Å². The number of amides is 1. The number of carbonyl (C=O) groups excluding carboxylic acids is 4. The number of rotatable bonds is 30. The van der Waals surface area contributed by atoms with Crippen molar-refractivity contribution in [2.75, 3.05) is 52.8 Å². The number of ether oxygens (including phenoxy) is 4. The summed E-state index contributed by atoms with van der Waals surface area (Å²) in [6.45, 7) is 12.1. The van der Waals surface area contributed by atoms with Crippen LogP contribution in [0.25, 0.3) is 0 Å². The van der Waals surface area contributed by atoms with Gasteiger partial charge >= 0.3 is 18.1 Å². The van der Waals surface area contributed by atoms with Crippen LogP contribution in [0.5, 0.6) is 0 Å². The number of hydrogen-bond acceptors (Lipinski definition) is 14. The number of aliphatic imine (C=N–C) groups is 2. The van der Waals surface area contributed by atoms with Crippen molar-refractivity contribution in [3.8, 4) is 0 Å². The van der Waals surface area contributed by atoms with Gasteiger partial charge in [0.15, 0.2) is 12.7 Å². The van der Waals surface area contributed by atoms with Gasteiger partial charge in [0.05, 0.1) is 19.8 Å². The van der Waals surface area contributed by atoms with Crippen molar-refractivity contribution in [1.82, 2.24) is 15.9 Å². The summed E-state index contributed by atoms with van der Waals surface area (Å²) in [4.78, 5) is 65.0. The molecule has 2 N–H and O–H groups in total. The Morgan fingerprint density at radius 3 is 2.43 bits per heavy atom. The van der Waals surface area contributed by atoms with E-state index in [-0.39, 0.29) is 32.2 Å². The maximum atomic E-state index is 12.1. The fraction of sp³-hybridized carbons (Fsp3) is 0.800. The van der Waals surface area contributed by atoms with E-state index in [9.17, 15) is 19.2 Å². The van der Waals surface area contributed by atoms with Gasteiger partial charge in [-0.25, -0.2) is 29.5 Å². The molecule has 1 heterocycles. The van der Waals surface area contributed by atoms with Crippen LogP contribution >= 0.6 is 0 Å². The van der Waals surface area contributed by atoms with Crippen molar-refractivity contribution < 1.29 is 52.4 Å². The van der Waals surface area contributed by atoms with Crippen LogP contribution in [0, 0.1) is 0 Å². The van der Waals surface area contributed by atoms with Crippen molar-refractivity contribution >= 4 is 30.6 Å². The highest BCUT2D eigenvalue weighted by molar-refractivity contribution is 5.81. The average molecular weight is 726 g/mol. The second kappa shape index (κ2) is 31.3. The lowest BCUT2D eigenvalue weighted by Crippen LogP contribution is -2.42. The molecule has 290 valence electrons. The van der Waals surface area contributed by atoms with Gasteiger partial charge in [-0.05, 0) is 64.0 Å². The summed E-state index contributed by atoms with van der Waals surface area (Å²) in [7, 11) is 0. The fourth-order valence-electron chi connectivity index (χ4n) is 4.95. The van der Waals surface area contributed by atoms with Crippen LogP contribution in [0.1, 0.15) is 104 Å². The molecule has 0 radical (unpaired) electrons. The molecular weight excluding hydrogens is 664 g/mol. The lowest BCUT2D eigenvalue weighted by Gasteiger charge is -2.20. The Morgan fingerprint density at radius 2 is 1.73 bits per heavy atom. The second-order valence-corrected chi connectivity index (χ2v) is 12.3. The number of hydroxylamine groups is 2. The number of nitrogens with one attached hydrogen (secondary N) is 2. The lowest BCUT2D eigenvalue weighted by atomic mass is 10.2. The van der Waals surface area contributed by atoms with E-state index < -0.39 is 24.3 Å². The molecule has 0 aliphatic carbocycles. The highest BCUT2D eigenvalue weighted by Crippen LogP contribution is 2.11. The molecule has 16 heteroatoms. The molecule has 16 nitrogen and oxygen atoms in total. The topological polar surface area (TPSA) is 179 Å². The molecule has 0 bridgehead atoms. The van der Waals surface area contributed by atoms with Crippen molar-refractivity contribution in [2.24, 2.45) is 9.98 Å². The Hall–Kier alpha value is -3.49. The number of alkyl carbamates (subject to hydrolysis) is 1. The van der Waals surface area contributed by atoms with Gasteiger partial charge in [-0.2, -0.15) is 9.79 Å². The SMILES string of the molecule is C=CC(=O)OC(C)COCCCOCC(C)OC(=O)NCCCCCCN(OC=NC(CCCCC)N=C=O)OCNC1CCCCC[N+]1=C=O. The number of unbranched alkanes of at least 4 members (excludes halogenated alkanes) is 5. The second-order valence-electron chi connectivity index (χ2n) is 12.3. The van der Waals surface area contributed by atoms with Crippen molar-refractivity contribution in [2.45, 2.75) is 129 Å². The summed E-state index contributed by atoms with van der Waals surface area (Å²) in [6, 6.07) is 0. The molecule has 0 aromatic heterocycles. The zero-order chi connectivity index (χ0) is 37.4. The summed E-state index contributed by atoms with van der Waals surface area (Å²) in [5.41, 5.74) is 0. The summed E-state index contributed by atoms with van der Waals surface area (Å²) in [6.07, 6.45) is 15.2. The van der Waals surface area contributed by atoms with Crippen LogP contribution < -0.4 is 10.6 Å². The van der Waals surface area contributed by atoms with E-state index in [1.54, 1.807) is 24.5 Å². The van der Waals surface area contributed by atoms with E-state index in [4.69, 9.17) is 28.6 Å². The highest BCUT2D eigenvalue weighted by atomic mass is 16.9. The third kappa shape index (κ3) is 25.2. The van der Waals surface area contributed by atoms with Crippen molar-refractivity contribution in [3.05, 3.63) is 12.7 Å². The van der Waals surface area contributed by atoms with Crippen LogP contribution in [-0.2, 0) is 43.0 Å². The largest absolute Gasteiger partial charge is 0.457 e. The standard InChI is InChI=1S/C35H60N6O10/c1-5-7-11-17-32(37-26-42)38-27-48-41(49-28-39-33-18-12-10-14-20-40(33)29-43)21-15-9-8-13-19-36-35(45)51-31(4)25-47-23-16-22-46-24-30(3)50-34(44)6-2/h6,27,30-33,39H,2,5,7-25,28H2,1,3-4H3/p+1. The number of isocyanates is 2. The van der Waals surface area contributed by atoms with E-state index in [0.29, 0.717) is 45.7 Å². The van der Waals surface area contributed by atoms with Gasteiger partial charge in [0.2, 0.25) is 18.6 Å². The molecule has 1 amide bonds. The molecular formula is C35H61N6O10+. The normalized spacial score (nSPS) is 16.4. The zero-order valence-electron chi connectivity index (χ0n) is 30.9. The fourth-order valence-corrected chi connectivity index (χ4v) is 4.95. The van der Waals surface area contributed by atoms with Gasteiger partial charge in [-0.1, -0.05) is 39.2 Å². The first-order chi connectivity index (χ1) is 24.8. The number of esters is 1. The molecule has 1 fully saturated rings. The minimum Gasteiger partial charge on any atom is -0.457 e. The van der Waals surface area contributed by atoms with Crippen molar-refractivity contribution in [1.29, 1.82) is 0 Å². The van der Waals surface area contributed by atoms with Crippen LogP contribution in [0.15, 0.2) is 22.6 Å². The molecule has 0 spiro atoms. The van der Waals surface area contributed by atoms with E-state index in [0.717, 1.165) is 76.7 Å². The molecule has 1 saturated heterocycles. The maximum absolute atomic E-state index is 12.1. The number of hydrogen-bond donors (Lipinski definition) is 2. The first-order valence-corrected chi connectivity index (χ1v) is 18.3. The Morgan fingerprint density at radius 1 is 0.980 bits per heavy atom. The van der Waals surface area contributed by atoms with Crippen molar-refractivity contribution in [3.63, 3.8) is 0 Å². The number of nitrogens with zero attached hydrogens (tertiary/aromatic N) is 4. The minimum atomic E-state index is -0.560. The first-order valence-electron chi connectivity index (χ1n) is 18.3. The van der Waals surface area contributed by atoms with E-state index in [1.165, 1.54) is 11.6 Å². The van der Waals surface area contributed by atoms with E-state index >= 15 is 0 Å². The minimum absolute atomic E-state index is 0.114. The quantitative estimate of drug-likeness (QED) is 0.0123. The van der Waals surface area contributed by atoms with Crippen LogP contribution in [0.2, 0.25) is 0 Å². The molecule has 51 heavy (non-hydrogen) atoms. The number of carbonyl (C=O) groups is 2. The van der Waals surface area contributed by atoms with E-state index in [2.05, 4.69) is 34.1 Å². The Balaban J connectivity index is 2.32. The van der Waals surface area contributed by atoms with Crippen LogP contribution in [0.3, 0.4) is 0 Å². The maximum Gasteiger partial charge on any atom is 0.425 e. The third-order valence-electron chi connectivity index (χ3n) is 7.67. The Labute approximate surface area is 302 Å². The average Bonchev–Trinajstić information content (AvgIpc) is 3.35. The monoisotopic (exact) mass is 725 g/mol. The first kappa shape index (κ1) is 45.5. The molecule has 4 unspecified atom stereocenters. The summed E-state index contributed by atoms with van der Waals surface area (Å²) < 4.78 is 23.0. The third-order valence-corrected chi connectivity index (χ3v) is 7.67. The Bertz CT molecular complexity index is 1080.